The van der Waals surface area contributed by atoms with E-state index in [1.54, 1.807) is 10.8 Å². The van der Waals surface area contributed by atoms with Gasteiger partial charge in [0.05, 0.1) is 5.69 Å². The van der Waals surface area contributed by atoms with Crippen LogP contribution in [0.3, 0.4) is 0 Å². The minimum absolute atomic E-state index is 0.0941. The number of imidazole rings is 1. The second-order valence-electron chi connectivity index (χ2n) is 4.48. The molecule has 0 saturated heterocycles. The van der Waals surface area contributed by atoms with Gasteiger partial charge in [-0.3, -0.25) is 4.57 Å². The molecule has 0 aliphatic carbocycles. The maximum Gasteiger partial charge on any atom is 0.330 e. The molecule has 0 fully saturated rings. The van der Waals surface area contributed by atoms with Crippen LogP contribution >= 0.6 is 0 Å². The monoisotopic (exact) mass is 245 g/mol. The van der Waals surface area contributed by atoms with E-state index in [0.717, 1.165) is 37.2 Å². The van der Waals surface area contributed by atoms with Crippen LogP contribution in [0.15, 0.2) is 35.3 Å². The normalized spacial score (nSPS) is 10.8. The molecule has 2 rings (SSSR count). The zero-order chi connectivity index (χ0) is 13.0. The van der Waals surface area contributed by atoms with Crippen molar-refractivity contribution in [2.75, 3.05) is 6.54 Å². The maximum absolute atomic E-state index is 11.6. The first-order chi connectivity index (χ1) is 8.72. The summed E-state index contributed by atoms with van der Waals surface area (Å²) in [5.41, 5.74) is 8.48. The Morgan fingerprint density at radius 1 is 1.22 bits per heavy atom. The van der Waals surface area contributed by atoms with Crippen LogP contribution in [0.1, 0.15) is 24.1 Å². The molecule has 4 heteroatoms. The molecule has 96 valence electrons. The molecular weight excluding hydrogens is 226 g/mol. The highest BCUT2D eigenvalue weighted by Crippen LogP contribution is 2.11. The quantitative estimate of drug-likeness (QED) is 0.788. The fraction of sp³-hybridized carbons (Fsp3) is 0.357. The highest BCUT2D eigenvalue weighted by Gasteiger charge is 2.04. The average molecular weight is 245 g/mol. The lowest BCUT2D eigenvalue weighted by molar-refractivity contribution is 0.744. The largest absolute Gasteiger partial charge is 0.330 e. The van der Waals surface area contributed by atoms with E-state index in [9.17, 15) is 4.79 Å². The lowest BCUT2D eigenvalue weighted by Gasteiger charge is -2.06. The molecule has 0 unspecified atom stereocenters. The number of hydrogen-bond donors (Lipinski definition) is 2. The predicted octanol–water partition coefficient (Wildman–Crippen LogP) is 1.76. The minimum Gasteiger partial charge on any atom is -0.330 e. The molecule has 3 N–H and O–H groups in total. The van der Waals surface area contributed by atoms with Crippen LogP contribution in [-0.4, -0.2) is 16.1 Å². The Labute approximate surface area is 106 Å². The van der Waals surface area contributed by atoms with E-state index in [4.69, 9.17) is 5.73 Å². The van der Waals surface area contributed by atoms with Gasteiger partial charge in [-0.1, -0.05) is 12.1 Å². The summed E-state index contributed by atoms with van der Waals surface area (Å²) in [4.78, 5) is 14.3. The van der Waals surface area contributed by atoms with E-state index in [0.29, 0.717) is 0 Å². The Morgan fingerprint density at radius 3 is 2.50 bits per heavy atom. The van der Waals surface area contributed by atoms with E-state index >= 15 is 0 Å². The molecule has 0 saturated carbocycles. The van der Waals surface area contributed by atoms with Gasteiger partial charge in [0.2, 0.25) is 0 Å². The number of aromatic amines is 1. The van der Waals surface area contributed by atoms with Crippen LogP contribution in [0.2, 0.25) is 0 Å². The number of benzene rings is 1. The Kier molecular flexibility index (Phi) is 3.99. The summed E-state index contributed by atoms with van der Waals surface area (Å²) in [5.74, 6) is 0. The first-order valence-electron chi connectivity index (χ1n) is 6.29. The van der Waals surface area contributed by atoms with Crippen molar-refractivity contribution in [3.8, 4) is 5.69 Å². The van der Waals surface area contributed by atoms with Crippen molar-refractivity contribution < 1.29 is 0 Å². The number of nitrogens with zero attached hydrogens (tertiary/aromatic N) is 1. The molecule has 0 amide bonds. The van der Waals surface area contributed by atoms with Crippen LogP contribution < -0.4 is 11.4 Å². The van der Waals surface area contributed by atoms with Gasteiger partial charge in [-0.15, -0.1) is 0 Å². The Bertz CT molecular complexity index is 551. The van der Waals surface area contributed by atoms with Gasteiger partial charge in [0.1, 0.15) is 0 Å². The van der Waals surface area contributed by atoms with Gasteiger partial charge in [0.25, 0.3) is 0 Å². The second kappa shape index (κ2) is 5.69. The van der Waals surface area contributed by atoms with Crippen molar-refractivity contribution in [3.63, 3.8) is 0 Å². The molecule has 0 aliphatic rings. The SMILES string of the molecule is Cc1c[nH]c(=O)n1-c1ccc(CCCCN)cc1. The summed E-state index contributed by atoms with van der Waals surface area (Å²) in [6, 6.07) is 8.12. The Morgan fingerprint density at radius 2 is 1.94 bits per heavy atom. The lowest BCUT2D eigenvalue weighted by Crippen LogP contribution is -2.15. The van der Waals surface area contributed by atoms with Gasteiger partial charge < -0.3 is 10.7 Å². The number of hydrogen-bond acceptors (Lipinski definition) is 2. The molecule has 18 heavy (non-hydrogen) atoms. The molecule has 0 spiro atoms. The molecule has 2 aromatic rings. The third-order valence-corrected chi connectivity index (χ3v) is 3.07. The first-order valence-corrected chi connectivity index (χ1v) is 6.29. The molecule has 4 nitrogen and oxygen atoms in total. The van der Waals surface area contributed by atoms with Gasteiger partial charge in [0.15, 0.2) is 0 Å². The highest BCUT2D eigenvalue weighted by molar-refractivity contribution is 5.36. The van der Waals surface area contributed by atoms with Crippen molar-refractivity contribution in [1.29, 1.82) is 0 Å². The number of aryl methyl sites for hydroxylation is 2. The maximum atomic E-state index is 11.6. The van der Waals surface area contributed by atoms with Crippen LogP contribution in [0, 0.1) is 6.92 Å². The minimum atomic E-state index is -0.0941. The van der Waals surface area contributed by atoms with Crippen molar-refractivity contribution in [2.45, 2.75) is 26.2 Å². The smallest absolute Gasteiger partial charge is 0.330 e. The van der Waals surface area contributed by atoms with Crippen molar-refractivity contribution in [2.24, 2.45) is 5.73 Å². The fourth-order valence-electron chi connectivity index (χ4n) is 2.06. The molecule has 0 radical (unpaired) electrons. The summed E-state index contributed by atoms with van der Waals surface area (Å²) in [7, 11) is 0. The molecule has 1 heterocycles. The summed E-state index contributed by atoms with van der Waals surface area (Å²) >= 11 is 0. The van der Waals surface area contributed by atoms with Crippen LogP contribution in [-0.2, 0) is 6.42 Å². The number of aromatic nitrogens is 2. The van der Waals surface area contributed by atoms with Gasteiger partial charge in [-0.2, -0.15) is 0 Å². The van der Waals surface area contributed by atoms with Crippen molar-refractivity contribution in [3.05, 3.63) is 52.2 Å². The number of rotatable bonds is 5. The van der Waals surface area contributed by atoms with Gasteiger partial charge >= 0.3 is 5.69 Å². The second-order valence-corrected chi connectivity index (χ2v) is 4.48. The molecule has 0 atom stereocenters. The Hall–Kier alpha value is -1.81. The third kappa shape index (κ3) is 2.71. The molecule has 0 bridgehead atoms. The first kappa shape index (κ1) is 12.6. The van der Waals surface area contributed by atoms with Gasteiger partial charge in [-0.25, -0.2) is 4.79 Å². The van der Waals surface area contributed by atoms with E-state index in [2.05, 4.69) is 17.1 Å². The summed E-state index contributed by atoms with van der Waals surface area (Å²) in [5, 5.41) is 0. The van der Waals surface area contributed by atoms with Gasteiger partial charge in [-0.05, 0) is 50.4 Å². The van der Waals surface area contributed by atoms with Crippen LogP contribution in [0.4, 0.5) is 0 Å². The van der Waals surface area contributed by atoms with E-state index in [-0.39, 0.29) is 5.69 Å². The van der Waals surface area contributed by atoms with Crippen LogP contribution in [0.25, 0.3) is 5.69 Å². The molecular formula is C14H19N3O. The van der Waals surface area contributed by atoms with Crippen molar-refractivity contribution >= 4 is 0 Å². The lowest BCUT2D eigenvalue weighted by atomic mass is 10.1. The molecule has 1 aromatic heterocycles. The predicted molar refractivity (Wildman–Crippen MR) is 73.1 cm³/mol. The highest BCUT2D eigenvalue weighted by atomic mass is 16.1. The van der Waals surface area contributed by atoms with Crippen LogP contribution in [0.5, 0.6) is 0 Å². The van der Waals surface area contributed by atoms with E-state index < -0.39 is 0 Å². The van der Waals surface area contributed by atoms with Crippen molar-refractivity contribution in [1.82, 2.24) is 9.55 Å². The number of unbranched alkanes of at least 4 members (excludes halogenated alkanes) is 1. The number of H-pyrrole nitrogens is 1. The standard InChI is InChI=1S/C14H19N3O/c1-11-10-16-14(18)17(11)13-7-5-12(6-8-13)4-2-3-9-15/h5-8,10H,2-4,9,15H2,1H3,(H,16,18). The molecule has 1 aromatic carbocycles. The molecule has 0 aliphatic heterocycles. The van der Waals surface area contributed by atoms with Gasteiger partial charge in [0, 0.05) is 11.9 Å². The Balaban J connectivity index is 2.15. The van der Waals surface area contributed by atoms with E-state index in [1.807, 2.05) is 19.1 Å². The topological polar surface area (TPSA) is 63.8 Å². The fourth-order valence-corrected chi connectivity index (χ4v) is 2.06. The number of nitrogens with one attached hydrogen (secondary N) is 1. The average Bonchev–Trinajstić information content (AvgIpc) is 2.71. The summed E-state index contributed by atoms with van der Waals surface area (Å²) in [6.07, 6.45) is 4.92. The zero-order valence-corrected chi connectivity index (χ0v) is 10.6. The summed E-state index contributed by atoms with van der Waals surface area (Å²) in [6.45, 7) is 2.66. The third-order valence-electron chi connectivity index (χ3n) is 3.07. The number of nitrogens with two attached hydrogens (primary N) is 1. The summed E-state index contributed by atoms with van der Waals surface area (Å²) < 4.78 is 1.67. The zero-order valence-electron chi connectivity index (χ0n) is 10.6. The van der Waals surface area contributed by atoms with E-state index in [1.165, 1.54) is 5.56 Å².